The van der Waals surface area contributed by atoms with Gasteiger partial charge in [-0.2, -0.15) is 0 Å². The van der Waals surface area contributed by atoms with Gasteiger partial charge in [0.1, 0.15) is 5.82 Å². The van der Waals surface area contributed by atoms with Gasteiger partial charge in [-0.05, 0) is 37.5 Å². The van der Waals surface area contributed by atoms with Crippen LogP contribution in [0.3, 0.4) is 0 Å². The van der Waals surface area contributed by atoms with Crippen molar-refractivity contribution in [3.05, 3.63) is 35.7 Å². The number of hydrogen-bond donors (Lipinski definition) is 2. The van der Waals surface area contributed by atoms with Gasteiger partial charge in [-0.15, -0.1) is 5.10 Å². The highest BCUT2D eigenvalue weighted by Gasteiger charge is 2.17. The molecule has 1 aromatic carbocycles. The highest BCUT2D eigenvalue weighted by Crippen LogP contribution is 2.21. The molecule has 1 aromatic heterocycles. The smallest absolute Gasteiger partial charge is 0.237 e. The Morgan fingerprint density at radius 2 is 2.05 bits per heavy atom. The number of aromatic nitrogens is 3. The number of aromatic amines is 1. The van der Waals surface area contributed by atoms with Crippen LogP contribution in [0, 0.1) is 0 Å². The minimum Gasteiger partial charge on any atom is -0.325 e. The number of rotatable bonds is 7. The topological polar surface area (TPSA) is 70.7 Å². The van der Waals surface area contributed by atoms with Gasteiger partial charge in [-0.3, -0.25) is 9.89 Å². The maximum atomic E-state index is 12.2. The lowest BCUT2D eigenvalue weighted by atomic mass is 10.1. The van der Waals surface area contributed by atoms with E-state index in [1.165, 1.54) is 17.3 Å². The van der Waals surface area contributed by atoms with Crippen LogP contribution in [0.15, 0.2) is 29.4 Å². The number of thioether (sulfide) groups is 1. The van der Waals surface area contributed by atoms with Crippen molar-refractivity contribution in [2.24, 2.45) is 0 Å². The van der Waals surface area contributed by atoms with Gasteiger partial charge in [-0.1, -0.05) is 37.7 Å². The zero-order valence-electron chi connectivity index (χ0n) is 13.2. The first kappa shape index (κ1) is 16.5. The van der Waals surface area contributed by atoms with E-state index in [-0.39, 0.29) is 11.2 Å². The molecule has 0 aliphatic rings. The molecule has 0 spiro atoms. The minimum absolute atomic E-state index is 0.0453. The van der Waals surface area contributed by atoms with E-state index in [0.29, 0.717) is 5.16 Å². The molecule has 1 unspecified atom stereocenters. The van der Waals surface area contributed by atoms with Crippen molar-refractivity contribution in [3.8, 4) is 0 Å². The summed E-state index contributed by atoms with van der Waals surface area (Å²) in [4.78, 5) is 16.6. The molecule has 2 N–H and O–H groups in total. The largest absolute Gasteiger partial charge is 0.325 e. The van der Waals surface area contributed by atoms with E-state index in [0.717, 1.165) is 30.8 Å². The average Bonchev–Trinajstić information content (AvgIpc) is 2.95. The number of aryl methyl sites for hydroxylation is 2. The van der Waals surface area contributed by atoms with E-state index >= 15 is 0 Å². The molecule has 0 saturated carbocycles. The molecular formula is C16H22N4OS. The molecule has 0 bridgehead atoms. The van der Waals surface area contributed by atoms with Gasteiger partial charge < -0.3 is 5.32 Å². The van der Waals surface area contributed by atoms with E-state index in [1.807, 2.05) is 31.2 Å². The van der Waals surface area contributed by atoms with Crippen LogP contribution in [0.5, 0.6) is 0 Å². The van der Waals surface area contributed by atoms with Gasteiger partial charge in [0.2, 0.25) is 11.1 Å². The first-order valence-electron chi connectivity index (χ1n) is 7.60. The third-order valence-corrected chi connectivity index (χ3v) is 4.24. The summed E-state index contributed by atoms with van der Waals surface area (Å²) < 4.78 is 0. The average molecular weight is 318 g/mol. The first-order chi connectivity index (χ1) is 10.6. The highest BCUT2D eigenvalue weighted by atomic mass is 32.2. The lowest BCUT2D eigenvalue weighted by Crippen LogP contribution is -2.22. The highest BCUT2D eigenvalue weighted by molar-refractivity contribution is 8.00. The number of H-pyrrole nitrogens is 1. The van der Waals surface area contributed by atoms with E-state index < -0.39 is 0 Å². The van der Waals surface area contributed by atoms with Crippen LogP contribution in [0.4, 0.5) is 5.69 Å². The summed E-state index contributed by atoms with van der Waals surface area (Å²) in [5.74, 6) is 0.823. The molecular weight excluding hydrogens is 296 g/mol. The monoisotopic (exact) mass is 318 g/mol. The maximum absolute atomic E-state index is 12.2. The molecule has 0 saturated heterocycles. The fourth-order valence-electron chi connectivity index (χ4n) is 1.96. The molecule has 1 atom stereocenters. The van der Waals surface area contributed by atoms with Gasteiger partial charge in [0.25, 0.3) is 0 Å². The van der Waals surface area contributed by atoms with Crippen LogP contribution in [0.1, 0.15) is 38.6 Å². The number of hydrogen-bond acceptors (Lipinski definition) is 4. The standard InChI is InChI=1S/C16H22N4OS/c1-4-6-14-18-16(20-19-14)22-11(3)15(21)17-13-9-7-12(5-2)8-10-13/h7-11H,4-6H2,1-3H3,(H,17,21)(H,18,19,20). The fourth-order valence-corrected chi connectivity index (χ4v) is 2.70. The van der Waals surface area contributed by atoms with Crippen molar-refractivity contribution >= 4 is 23.4 Å². The summed E-state index contributed by atoms with van der Waals surface area (Å²) in [5, 5.41) is 10.3. The normalized spacial score (nSPS) is 12.1. The van der Waals surface area contributed by atoms with Crippen LogP contribution in [0.25, 0.3) is 0 Å². The van der Waals surface area contributed by atoms with Gasteiger partial charge in [0, 0.05) is 12.1 Å². The summed E-state index contributed by atoms with van der Waals surface area (Å²) in [6.07, 6.45) is 2.88. The molecule has 5 nitrogen and oxygen atoms in total. The predicted molar refractivity (Wildman–Crippen MR) is 90.1 cm³/mol. The van der Waals surface area contributed by atoms with E-state index in [2.05, 4.69) is 34.3 Å². The number of benzene rings is 1. The molecule has 22 heavy (non-hydrogen) atoms. The summed E-state index contributed by atoms with van der Waals surface area (Å²) in [5.41, 5.74) is 2.07. The van der Waals surface area contributed by atoms with E-state index in [9.17, 15) is 4.79 Å². The number of carbonyl (C=O) groups is 1. The number of nitrogens with zero attached hydrogens (tertiary/aromatic N) is 2. The zero-order valence-corrected chi connectivity index (χ0v) is 14.0. The number of anilines is 1. The van der Waals surface area contributed by atoms with Gasteiger partial charge in [0.15, 0.2) is 0 Å². The SMILES string of the molecule is CCCc1nc(SC(C)C(=O)Nc2ccc(CC)cc2)n[nH]1. The Morgan fingerprint density at radius 1 is 1.32 bits per heavy atom. The molecule has 1 heterocycles. The van der Waals surface area contributed by atoms with Crippen LogP contribution in [-0.4, -0.2) is 26.3 Å². The van der Waals surface area contributed by atoms with Crippen LogP contribution < -0.4 is 5.32 Å². The van der Waals surface area contributed by atoms with Crippen molar-refractivity contribution in [2.75, 3.05) is 5.32 Å². The first-order valence-corrected chi connectivity index (χ1v) is 8.48. The molecule has 0 aliphatic carbocycles. The molecule has 0 radical (unpaired) electrons. The number of amides is 1. The van der Waals surface area contributed by atoms with Gasteiger partial charge in [0.05, 0.1) is 5.25 Å². The molecule has 0 fully saturated rings. The third-order valence-electron chi connectivity index (χ3n) is 3.28. The molecule has 118 valence electrons. The molecule has 6 heteroatoms. The summed E-state index contributed by atoms with van der Waals surface area (Å²) >= 11 is 1.36. The minimum atomic E-state index is -0.254. The Hall–Kier alpha value is -1.82. The second kappa shape index (κ2) is 7.98. The van der Waals surface area contributed by atoms with Crippen LogP contribution in [0.2, 0.25) is 0 Å². The number of nitrogens with one attached hydrogen (secondary N) is 2. The molecule has 2 rings (SSSR count). The van der Waals surface area contributed by atoms with Gasteiger partial charge >= 0.3 is 0 Å². The predicted octanol–water partition coefficient (Wildman–Crippen LogP) is 3.44. The van der Waals surface area contributed by atoms with Crippen molar-refractivity contribution in [2.45, 2.75) is 50.4 Å². The van der Waals surface area contributed by atoms with E-state index in [4.69, 9.17) is 0 Å². The Balaban J connectivity index is 1.90. The van der Waals surface area contributed by atoms with Crippen LogP contribution >= 0.6 is 11.8 Å². The Kier molecular flexibility index (Phi) is 6.00. The summed E-state index contributed by atoms with van der Waals surface area (Å²) in [7, 11) is 0. The zero-order chi connectivity index (χ0) is 15.9. The Morgan fingerprint density at radius 3 is 2.68 bits per heavy atom. The quantitative estimate of drug-likeness (QED) is 0.767. The summed E-state index contributed by atoms with van der Waals surface area (Å²) in [6.45, 7) is 6.06. The van der Waals surface area contributed by atoms with Crippen molar-refractivity contribution in [1.29, 1.82) is 0 Å². The Bertz CT molecular complexity index is 609. The maximum Gasteiger partial charge on any atom is 0.237 e. The second-order valence-corrected chi connectivity index (χ2v) is 6.42. The molecule has 0 aliphatic heterocycles. The third kappa shape index (κ3) is 4.59. The second-order valence-electron chi connectivity index (χ2n) is 5.11. The van der Waals surface area contributed by atoms with E-state index in [1.54, 1.807) is 0 Å². The van der Waals surface area contributed by atoms with Crippen LogP contribution in [-0.2, 0) is 17.6 Å². The van der Waals surface area contributed by atoms with Crippen molar-refractivity contribution in [3.63, 3.8) is 0 Å². The molecule has 1 amide bonds. The Labute approximate surface area is 135 Å². The molecule has 2 aromatic rings. The lowest BCUT2D eigenvalue weighted by Gasteiger charge is -2.10. The van der Waals surface area contributed by atoms with Gasteiger partial charge in [-0.25, -0.2) is 4.98 Å². The fraction of sp³-hybridized carbons (Fsp3) is 0.438. The summed E-state index contributed by atoms with van der Waals surface area (Å²) in [6, 6.07) is 7.92. The lowest BCUT2D eigenvalue weighted by molar-refractivity contribution is -0.115. The van der Waals surface area contributed by atoms with Crippen molar-refractivity contribution in [1.82, 2.24) is 15.2 Å². The van der Waals surface area contributed by atoms with Crippen molar-refractivity contribution < 1.29 is 4.79 Å². The number of carbonyl (C=O) groups excluding carboxylic acids is 1.